The van der Waals surface area contributed by atoms with E-state index in [1.807, 2.05) is 11.8 Å². The molecule has 0 atom stereocenters. The van der Waals surface area contributed by atoms with E-state index in [2.05, 4.69) is 69.3 Å². The van der Waals surface area contributed by atoms with Gasteiger partial charge in [-0.15, -0.1) is 0 Å². The Labute approximate surface area is 145 Å². The molecule has 0 amide bonds. The van der Waals surface area contributed by atoms with Crippen molar-refractivity contribution in [1.29, 1.82) is 0 Å². The molecule has 0 aromatic heterocycles. The molecule has 0 aliphatic rings. The molecule has 0 heterocycles. The minimum Gasteiger partial charge on any atom is -0.377 e. The van der Waals surface area contributed by atoms with Crippen molar-refractivity contribution in [2.45, 2.75) is 39.6 Å². The number of hydrogen-bond donors (Lipinski definition) is 0. The summed E-state index contributed by atoms with van der Waals surface area (Å²) in [5.41, 5.74) is 5.31. The second kappa shape index (κ2) is 9.79. The molecule has 0 radical (unpaired) electrons. The summed E-state index contributed by atoms with van der Waals surface area (Å²) in [6, 6.07) is 17.5. The van der Waals surface area contributed by atoms with Crippen molar-refractivity contribution in [3.8, 4) is 11.1 Å². The Bertz CT molecular complexity index is 592. The zero-order valence-corrected chi connectivity index (χ0v) is 15.4. The third-order valence-electron chi connectivity index (χ3n) is 3.58. The maximum atomic E-state index is 5.68. The molecule has 0 saturated carbocycles. The Kier molecular flexibility index (Phi) is 7.70. The van der Waals surface area contributed by atoms with Gasteiger partial charge in [0.25, 0.3) is 0 Å². The van der Waals surface area contributed by atoms with Crippen LogP contribution < -0.4 is 0 Å². The standard InChI is InChI=1S/C21H28OS/c1-4-12-22-14-18-8-7-10-19(13-18)21-11-6-5-9-20(21)16-23-15-17(2)3/h5-11,13,17H,4,12,14-16H2,1-3H3. The van der Waals surface area contributed by atoms with Crippen LogP contribution in [0.15, 0.2) is 48.5 Å². The van der Waals surface area contributed by atoms with Crippen LogP contribution >= 0.6 is 11.8 Å². The van der Waals surface area contributed by atoms with Crippen LogP contribution in [0.3, 0.4) is 0 Å². The third kappa shape index (κ3) is 6.04. The van der Waals surface area contributed by atoms with E-state index in [4.69, 9.17) is 4.74 Å². The third-order valence-corrected chi connectivity index (χ3v) is 5.00. The Balaban J connectivity index is 2.12. The number of benzene rings is 2. The van der Waals surface area contributed by atoms with E-state index in [0.717, 1.165) is 24.7 Å². The minimum absolute atomic E-state index is 0.700. The molecule has 124 valence electrons. The van der Waals surface area contributed by atoms with Crippen LogP contribution in [0, 0.1) is 5.92 Å². The second-order valence-electron chi connectivity index (χ2n) is 6.32. The average molecular weight is 329 g/mol. The number of ether oxygens (including phenoxy) is 1. The zero-order valence-electron chi connectivity index (χ0n) is 14.5. The predicted molar refractivity (Wildman–Crippen MR) is 103 cm³/mol. The van der Waals surface area contributed by atoms with Crippen LogP contribution in [0.1, 0.15) is 38.3 Å². The van der Waals surface area contributed by atoms with Crippen molar-refractivity contribution in [3.63, 3.8) is 0 Å². The summed E-state index contributed by atoms with van der Waals surface area (Å²) in [5, 5.41) is 0. The molecule has 0 N–H and O–H groups in total. The first kappa shape index (κ1) is 18.1. The molecule has 0 unspecified atom stereocenters. The van der Waals surface area contributed by atoms with Gasteiger partial charge in [-0.1, -0.05) is 63.2 Å². The molecule has 2 aromatic rings. The van der Waals surface area contributed by atoms with Gasteiger partial charge in [0.1, 0.15) is 0 Å². The van der Waals surface area contributed by atoms with E-state index in [1.165, 1.54) is 28.0 Å². The molecule has 0 saturated heterocycles. The quantitative estimate of drug-likeness (QED) is 0.509. The lowest BCUT2D eigenvalue weighted by atomic mass is 9.99. The molecule has 0 aliphatic heterocycles. The van der Waals surface area contributed by atoms with Gasteiger partial charge in [-0.05, 0) is 46.4 Å². The van der Waals surface area contributed by atoms with Crippen LogP contribution in [0.5, 0.6) is 0 Å². The smallest absolute Gasteiger partial charge is 0.0717 e. The van der Waals surface area contributed by atoms with E-state index in [9.17, 15) is 0 Å². The van der Waals surface area contributed by atoms with Gasteiger partial charge in [-0.25, -0.2) is 0 Å². The molecule has 0 spiro atoms. The lowest BCUT2D eigenvalue weighted by Crippen LogP contribution is -1.95. The molecule has 1 nitrogen and oxygen atoms in total. The van der Waals surface area contributed by atoms with Crippen LogP contribution in [-0.2, 0) is 17.1 Å². The topological polar surface area (TPSA) is 9.23 Å². The molecular weight excluding hydrogens is 300 g/mol. The van der Waals surface area contributed by atoms with Gasteiger partial charge in [0.05, 0.1) is 6.61 Å². The maximum Gasteiger partial charge on any atom is 0.0717 e. The van der Waals surface area contributed by atoms with Crippen LogP contribution in [0.4, 0.5) is 0 Å². The number of hydrogen-bond acceptors (Lipinski definition) is 2. The van der Waals surface area contributed by atoms with Crippen molar-refractivity contribution in [2.75, 3.05) is 12.4 Å². The molecular formula is C21H28OS. The largest absolute Gasteiger partial charge is 0.377 e. The highest BCUT2D eigenvalue weighted by Crippen LogP contribution is 2.28. The summed E-state index contributed by atoms with van der Waals surface area (Å²) >= 11 is 2.02. The average Bonchev–Trinajstić information content (AvgIpc) is 2.55. The van der Waals surface area contributed by atoms with Gasteiger partial charge >= 0.3 is 0 Å². The van der Waals surface area contributed by atoms with E-state index < -0.39 is 0 Å². The molecule has 0 fully saturated rings. The Hall–Kier alpha value is -1.25. The van der Waals surface area contributed by atoms with Crippen molar-refractivity contribution in [3.05, 3.63) is 59.7 Å². The SMILES string of the molecule is CCCOCc1cccc(-c2ccccc2CSCC(C)C)c1. The minimum atomic E-state index is 0.700. The summed E-state index contributed by atoms with van der Waals surface area (Å²) in [6.07, 6.45) is 1.07. The van der Waals surface area contributed by atoms with Crippen LogP contribution in [0.25, 0.3) is 11.1 Å². The van der Waals surface area contributed by atoms with Gasteiger partial charge in [0.15, 0.2) is 0 Å². The summed E-state index contributed by atoms with van der Waals surface area (Å²) in [5.74, 6) is 3.02. The van der Waals surface area contributed by atoms with E-state index in [-0.39, 0.29) is 0 Å². The van der Waals surface area contributed by atoms with E-state index in [0.29, 0.717) is 6.61 Å². The van der Waals surface area contributed by atoms with Gasteiger partial charge in [0, 0.05) is 12.4 Å². The first-order valence-electron chi connectivity index (χ1n) is 8.53. The van der Waals surface area contributed by atoms with Crippen molar-refractivity contribution in [1.82, 2.24) is 0 Å². The Morgan fingerprint density at radius 2 is 1.87 bits per heavy atom. The molecule has 23 heavy (non-hydrogen) atoms. The molecule has 2 rings (SSSR count). The van der Waals surface area contributed by atoms with Gasteiger partial charge < -0.3 is 4.74 Å². The van der Waals surface area contributed by atoms with Crippen LogP contribution in [-0.4, -0.2) is 12.4 Å². The molecule has 2 heteroatoms. The first-order valence-corrected chi connectivity index (χ1v) is 9.69. The first-order chi connectivity index (χ1) is 11.2. The van der Waals surface area contributed by atoms with Crippen molar-refractivity contribution in [2.24, 2.45) is 5.92 Å². The van der Waals surface area contributed by atoms with E-state index in [1.54, 1.807) is 0 Å². The number of thioether (sulfide) groups is 1. The fraction of sp³-hybridized carbons (Fsp3) is 0.429. The van der Waals surface area contributed by atoms with Gasteiger partial charge in [0.2, 0.25) is 0 Å². The maximum absolute atomic E-state index is 5.68. The number of rotatable bonds is 9. The summed E-state index contributed by atoms with van der Waals surface area (Å²) in [4.78, 5) is 0. The summed E-state index contributed by atoms with van der Waals surface area (Å²) < 4.78 is 5.68. The Morgan fingerprint density at radius 1 is 1.04 bits per heavy atom. The van der Waals surface area contributed by atoms with Gasteiger partial charge in [-0.3, -0.25) is 0 Å². The lowest BCUT2D eigenvalue weighted by Gasteiger charge is -2.12. The van der Waals surface area contributed by atoms with Gasteiger partial charge in [-0.2, -0.15) is 11.8 Å². The molecule has 0 bridgehead atoms. The fourth-order valence-corrected chi connectivity index (χ4v) is 3.56. The van der Waals surface area contributed by atoms with Crippen LogP contribution in [0.2, 0.25) is 0 Å². The second-order valence-corrected chi connectivity index (χ2v) is 7.35. The monoisotopic (exact) mass is 328 g/mol. The van der Waals surface area contributed by atoms with E-state index >= 15 is 0 Å². The summed E-state index contributed by atoms with van der Waals surface area (Å²) in [6.45, 7) is 8.22. The normalized spacial score (nSPS) is 11.1. The molecule has 2 aromatic carbocycles. The Morgan fingerprint density at radius 3 is 2.65 bits per heavy atom. The zero-order chi connectivity index (χ0) is 16.5. The highest BCUT2D eigenvalue weighted by molar-refractivity contribution is 7.98. The predicted octanol–water partition coefficient (Wildman–Crippen LogP) is 6.17. The fourth-order valence-electron chi connectivity index (χ4n) is 2.50. The highest BCUT2D eigenvalue weighted by Gasteiger charge is 2.06. The summed E-state index contributed by atoms with van der Waals surface area (Å²) in [7, 11) is 0. The molecule has 0 aliphatic carbocycles. The lowest BCUT2D eigenvalue weighted by molar-refractivity contribution is 0.121. The highest BCUT2D eigenvalue weighted by atomic mass is 32.2. The van der Waals surface area contributed by atoms with Crippen molar-refractivity contribution >= 4 is 11.8 Å². The van der Waals surface area contributed by atoms with Crippen molar-refractivity contribution < 1.29 is 4.74 Å².